The van der Waals surface area contributed by atoms with Crippen molar-refractivity contribution < 1.29 is 0 Å². The highest BCUT2D eigenvalue weighted by Crippen LogP contribution is 2.26. The summed E-state index contributed by atoms with van der Waals surface area (Å²) in [6.07, 6.45) is 7.89. The Balaban J connectivity index is 1.84. The van der Waals surface area contributed by atoms with Crippen LogP contribution in [0.15, 0.2) is 29.0 Å². The minimum Gasteiger partial charge on any atom is -0.304 e. The fourth-order valence-electron chi connectivity index (χ4n) is 2.39. The second kappa shape index (κ2) is 5.02. The summed E-state index contributed by atoms with van der Waals surface area (Å²) in [4.78, 5) is 4.57. The van der Waals surface area contributed by atoms with Gasteiger partial charge < -0.3 is 4.40 Å². The molecule has 2 aromatic rings. The van der Waals surface area contributed by atoms with Crippen molar-refractivity contribution in [2.24, 2.45) is 5.92 Å². The number of hydrogen-bond donors (Lipinski definition) is 0. The molecule has 0 spiro atoms. The minimum absolute atomic E-state index is 0.825. The van der Waals surface area contributed by atoms with Crippen molar-refractivity contribution in [2.75, 3.05) is 11.5 Å². The third kappa shape index (κ3) is 2.52. The maximum Gasteiger partial charge on any atom is 0.113 e. The molecule has 0 bridgehead atoms. The molecule has 3 rings (SSSR count). The lowest BCUT2D eigenvalue weighted by atomic mass is 9.98. The Kier molecular flexibility index (Phi) is 3.43. The van der Waals surface area contributed by atoms with Gasteiger partial charge in [-0.1, -0.05) is 15.9 Å². The molecule has 0 atom stereocenters. The molecule has 1 aliphatic rings. The highest BCUT2D eigenvalue weighted by atomic mass is 79.9. The number of rotatable bonds is 2. The molecule has 2 aromatic heterocycles. The van der Waals surface area contributed by atoms with E-state index in [4.69, 9.17) is 0 Å². The molecule has 0 radical (unpaired) electrons. The number of thioether (sulfide) groups is 1. The van der Waals surface area contributed by atoms with Crippen molar-refractivity contribution >= 4 is 33.2 Å². The van der Waals surface area contributed by atoms with Gasteiger partial charge in [0.2, 0.25) is 0 Å². The topological polar surface area (TPSA) is 17.3 Å². The minimum atomic E-state index is 0.825. The smallest absolute Gasteiger partial charge is 0.113 e. The van der Waals surface area contributed by atoms with E-state index in [0.29, 0.717) is 0 Å². The largest absolute Gasteiger partial charge is 0.304 e. The van der Waals surface area contributed by atoms with Crippen LogP contribution in [0.4, 0.5) is 0 Å². The first-order valence-corrected chi connectivity index (χ1v) is 7.97. The number of imidazole rings is 1. The average molecular weight is 311 g/mol. The third-order valence-electron chi connectivity index (χ3n) is 3.38. The number of pyridine rings is 1. The van der Waals surface area contributed by atoms with E-state index < -0.39 is 0 Å². The van der Waals surface area contributed by atoms with Crippen molar-refractivity contribution in [3.63, 3.8) is 0 Å². The highest BCUT2D eigenvalue weighted by Gasteiger charge is 2.16. The first kappa shape index (κ1) is 11.6. The summed E-state index contributed by atoms with van der Waals surface area (Å²) >= 11 is 5.58. The summed E-state index contributed by atoms with van der Waals surface area (Å²) in [6.45, 7) is 0. The molecule has 0 N–H and O–H groups in total. The average Bonchev–Trinajstić information content (AvgIpc) is 2.73. The zero-order chi connectivity index (χ0) is 11.7. The van der Waals surface area contributed by atoms with Gasteiger partial charge in [0.1, 0.15) is 5.82 Å². The molecule has 0 amide bonds. The number of hydrogen-bond acceptors (Lipinski definition) is 2. The van der Waals surface area contributed by atoms with Crippen molar-refractivity contribution in [3.8, 4) is 0 Å². The van der Waals surface area contributed by atoms with Crippen LogP contribution >= 0.6 is 27.7 Å². The molecule has 0 saturated carbocycles. The van der Waals surface area contributed by atoms with E-state index in [0.717, 1.165) is 16.8 Å². The zero-order valence-corrected chi connectivity index (χ0v) is 12.0. The van der Waals surface area contributed by atoms with E-state index in [9.17, 15) is 0 Å². The molecule has 2 nitrogen and oxygen atoms in total. The number of aromatic nitrogens is 2. The van der Waals surface area contributed by atoms with Crippen LogP contribution in [0.2, 0.25) is 0 Å². The van der Waals surface area contributed by atoms with Crippen LogP contribution in [0.3, 0.4) is 0 Å². The Hall–Kier alpha value is -0.480. The van der Waals surface area contributed by atoms with Crippen LogP contribution in [0.5, 0.6) is 0 Å². The summed E-state index contributed by atoms with van der Waals surface area (Å²) in [6, 6.07) is 4.20. The van der Waals surface area contributed by atoms with Crippen molar-refractivity contribution in [1.29, 1.82) is 0 Å². The van der Waals surface area contributed by atoms with Crippen LogP contribution in [0.1, 0.15) is 18.7 Å². The van der Waals surface area contributed by atoms with E-state index >= 15 is 0 Å². The fourth-order valence-corrected chi connectivity index (χ4v) is 3.94. The summed E-state index contributed by atoms with van der Waals surface area (Å²) in [7, 11) is 0. The molecule has 90 valence electrons. The Bertz CT molecular complexity index is 517. The number of halogens is 1. The molecule has 4 heteroatoms. The number of fused-ring (bicyclic) bond motifs is 1. The lowest BCUT2D eigenvalue weighted by Crippen LogP contribution is -2.13. The van der Waals surface area contributed by atoms with Gasteiger partial charge in [0.15, 0.2) is 0 Å². The summed E-state index contributed by atoms with van der Waals surface area (Å²) in [5, 5.41) is 0. The van der Waals surface area contributed by atoms with Gasteiger partial charge in [-0.2, -0.15) is 11.8 Å². The van der Waals surface area contributed by atoms with Gasteiger partial charge in [0.05, 0.1) is 11.7 Å². The van der Waals surface area contributed by atoms with Crippen molar-refractivity contribution in [1.82, 2.24) is 9.38 Å². The molecule has 1 aliphatic heterocycles. The predicted octanol–water partition coefficient (Wildman–Crippen LogP) is 3.78. The Labute approximate surface area is 114 Å². The van der Waals surface area contributed by atoms with E-state index in [1.165, 1.54) is 35.7 Å². The Morgan fingerprint density at radius 1 is 1.41 bits per heavy atom. The van der Waals surface area contributed by atoms with Crippen molar-refractivity contribution in [3.05, 3.63) is 34.8 Å². The zero-order valence-electron chi connectivity index (χ0n) is 9.60. The second-order valence-corrected chi connectivity index (χ2v) is 6.71. The summed E-state index contributed by atoms with van der Waals surface area (Å²) in [5.74, 6) is 4.67. The van der Waals surface area contributed by atoms with E-state index in [2.05, 4.69) is 55.4 Å². The van der Waals surface area contributed by atoms with Gasteiger partial charge in [-0.3, -0.25) is 0 Å². The molecular formula is C13H15BrN2S. The molecule has 1 saturated heterocycles. The van der Waals surface area contributed by atoms with Crippen LogP contribution in [0, 0.1) is 5.92 Å². The highest BCUT2D eigenvalue weighted by molar-refractivity contribution is 9.10. The first-order chi connectivity index (χ1) is 8.33. The van der Waals surface area contributed by atoms with Gasteiger partial charge in [0.25, 0.3) is 0 Å². The normalized spacial score (nSPS) is 17.7. The maximum absolute atomic E-state index is 4.57. The molecule has 0 aromatic carbocycles. The van der Waals surface area contributed by atoms with Gasteiger partial charge in [-0.05, 0) is 42.4 Å². The Morgan fingerprint density at radius 2 is 2.24 bits per heavy atom. The molecular weight excluding hydrogens is 296 g/mol. The SMILES string of the molecule is Brc1ccn2c(CC3CCSCC3)ncc2c1. The van der Waals surface area contributed by atoms with Gasteiger partial charge in [0, 0.05) is 17.1 Å². The lowest BCUT2D eigenvalue weighted by molar-refractivity contribution is 0.475. The molecule has 0 unspecified atom stereocenters. The first-order valence-electron chi connectivity index (χ1n) is 6.02. The standard InChI is InChI=1S/C13H15BrN2S/c14-11-1-4-16-12(8-11)9-15-13(16)7-10-2-5-17-6-3-10/h1,4,8-10H,2-3,5-7H2. The van der Waals surface area contributed by atoms with E-state index in [-0.39, 0.29) is 0 Å². The molecule has 1 fully saturated rings. The number of nitrogens with zero attached hydrogens (tertiary/aromatic N) is 2. The summed E-state index contributed by atoms with van der Waals surface area (Å²) < 4.78 is 3.33. The lowest BCUT2D eigenvalue weighted by Gasteiger charge is -2.20. The van der Waals surface area contributed by atoms with Crippen LogP contribution < -0.4 is 0 Å². The van der Waals surface area contributed by atoms with E-state index in [1.54, 1.807) is 0 Å². The van der Waals surface area contributed by atoms with Crippen LogP contribution in [0.25, 0.3) is 5.52 Å². The summed E-state index contributed by atoms with van der Waals surface area (Å²) in [5.41, 5.74) is 1.18. The van der Waals surface area contributed by atoms with Crippen molar-refractivity contribution in [2.45, 2.75) is 19.3 Å². The van der Waals surface area contributed by atoms with Crippen LogP contribution in [-0.2, 0) is 6.42 Å². The molecule has 3 heterocycles. The maximum atomic E-state index is 4.57. The van der Waals surface area contributed by atoms with Crippen LogP contribution in [-0.4, -0.2) is 20.9 Å². The third-order valence-corrected chi connectivity index (χ3v) is 4.92. The predicted molar refractivity (Wildman–Crippen MR) is 76.6 cm³/mol. The van der Waals surface area contributed by atoms with Gasteiger partial charge in [-0.25, -0.2) is 4.98 Å². The fraction of sp³-hybridized carbons (Fsp3) is 0.462. The van der Waals surface area contributed by atoms with Gasteiger partial charge in [-0.15, -0.1) is 0 Å². The molecule has 17 heavy (non-hydrogen) atoms. The molecule has 0 aliphatic carbocycles. The second-order valence-electron chi connectivity index (χ2n) is 4.57. The quantitative estimate of drug-likeness (QED) is 0.839. The monoisotopic (exact) mass is 310 g/mol. The Morgan fingerprint density at radius 3 is 3.06 bits per heavy atom. The van der Waals surface area contributed by atoms with Gasteiger partial charge >= 0.3 is 0 Å². The van der Waals surface area contributed by atoms with E-state index in [1.807, 2.05) is 6.20 Å².